The summed E-state index contributed by atoms with van der Waals surface area (Å²) in [6.45, 7) is 4.50. The van der Waals surface area contributed by atoms with Crippen molar-refractivity contribution in [2.24, 2.45) is 0 Å². The summed E-state index contributed by atoms with van der Waals surface area (Å²) in [6.07, 6.45) is -2.77. The van der Waals surface area contributed by atoms with E-state index in [1.807, 2.05) is 6.07 Å². The zero-order chi connectivity index (χ0) is 29.5. The maximum atomic E-state index is 14.6. The molecule has 0 bridgehead atoms. The number of carbonyl (C=O) groups is 1. The number of nitrogens with zero attached hydrogens (tertiary/aromatic N) is 3. The largest absolute Gasteiger partial charge is 0.490 e. The second-order valence-electron chi connectivity index (χ2n) is 8.75. The first-order valence-corrected chi connectivity index (χ1v) is 13.4. The predicted octanol–water partition coefficient (Wildman–Crippen LogP) is 4.71. The maximum Gasteiger partial charge on any atom is 0.490 e. The monoisotopic (exact) mass is 587 g/mol. The van der Waals surface area contributed by atoms with Crippen LogP contribution in [0.25, 0.3) is 0 Å². The number of carboxylic acids is 1. The lowest BCUT2D eigenvalue weighted by Crippen LogP contribution is -2.21. The Kier molecular flexibility index (Phi) is 9.98. The minimum absolute atomic E-state index is 0.0558. The molecule has 15 heteroatoms. The van der Waals surface area contributed by atoms with Gasteiger partial charge in [0.25, 0.3) is 10.0 Å². The molecular formula is C25H26F5N5O4S. The standard InChI is InChI=1S/C23H25F2N5O2S.C2HF3O2/c1-16-20(33(31,32)29-23-9-5-8-21(25)28-23)10-11-22(27-16)26-14-18-17(6-4-7-19(18)24)15-30-12-2-3-13-30;3-2(4,5)1(6)7/h4-11H,2-3,12-15H2,1H3,(H,26,27)(H,28,29);(H,6,7). The number of anilines is 2. The number of rotatable bonds is 8. The highest BCUT2D eigenvalue weighted by Crippen LogP contribution is 2.22. The number of halogens is 5. The van der Waals surface area contributed by atoms with Gasteiger partial charge in [0.05, 0.1) is 5.69 Å². The van der Waals surface area contributed by atoms with Crippen LogP contribution in [0.5, 0.6) is 0 Å². The van der Waals surface area contributed by atoms with Crippen molar-refractivity contribution < 1.29 is 40.3 Å². The van der Waals surface area contributed by atoms with Crippen LogP contribution in [0, 0.1) is 18.7 Å². The topological polar surface area (TPSA) is 125 Å². The third kappa shape index (κ3) is 8.58. The van der Waals surface area contributed by atoms with Gasteiger partial charge in [0.15, 0.2) is 0 Å². The van der Waals surface area contributed by atoms with Gasteiger partial charge in [-0.25, -0.2) is 27.6 Å². The van der Waals surface area contributed by atoms with Gasteiger partial charge in [-0.2, -0.15) is 17.6 Å². The molecule has 3 N–H and O–H groups in total. The fraction of sp³-hybridized carbons (Fsp3) is 0.320. The molecule has 1 fully saturated rings. The number of carboxylic acid groups (broad SMARTS) is 1. The zero-order valence-electron chi connectivity index (χ0n) is 21.2. The molecular weight excluding hydrogens is 561 g/mol. The predicted molar refractivity (Wildman–Crippen MR) is 136 cm³/mol. The number of aliphatic carboxylic acids is 1. The summed E-state index contributed by atoms with van der Waals surface area (Å²) in [5.41, 5.74) is 1.74. The summed E-state index contributed by atoms with van der Waals surface area (Å²) in [7, 11) is -4.01. The maximum absolute atomic E-state index is 14.6. The number of aryl methyl sites for hydroxylation is 1. The van der Waals surface area contributed by atoms with Gasteiger partial charge in [-0.1, -0.05) is 18.2 Å². The zero-order valence-corrected chi connectivity index (χ0v) is 22.0. The van der Waals surface area contributed by atoms with E-state index in [0.29, 0.717) is 17.9 Å². The molecule has 1 aliphatic heterocycles. The smallest absolute Gasteiger partial charge is 0.475 e. The van der Waals surface area contributed by atoms with Crippen molar-refractivity contribution in [1.82, 2.24) is 14.9 Å². The Morgan fingerprint density at radius 1 is 1.00 bits per heavy atom. The number of sulfonamides is 1. The summed E-state index contributed by atoms with van der Waals surface area (Å²) in [6, 6.07) is 11.8. The van der Waals surface area contributed by atoms with Crippen LogP contribution < -0.4 is 10.0 Å². The molecule has 1 saturated heterocycles. The molecule has 0 saturated carbocycles. The fourth-order valence-corrected chi connectivity index (χ4v) is 5.08. The van der Waals surface area contributed by atoms with Crippen LogP contribution in [-0.2, 0) is 27.9 Å². The van der Waals surface area contributed by atoms with Crippen molar-refractivity contribution in [3.8, 4) is 0 Å². The van der Waals surface area contributed by atoms with Crippen molar-refractivity contribution in [2.75, 3.05) is 23.1 Å². The van der Waals surface area contributed by atoms with E-state index in [2.05, 4.69) is 24.9 Å². The van der Waals surface area contributed by atoms with Crippen molar-refractivity contribution in [2.45, 2.75) is 43.9 Å². The van der Waals surface area contributed by atoms with Crippen molar-refractivity contribution >= 4 is 27.6 Å². The summed E-state index contributed by atoms with van der Waals surface area (Å²) in [4.78, 5) is 19.0. The van der Waals surface area contributed by atoms with E-state index in [4.69, 9.17) is 9.90 Å². The summed E-state index contributed by atoms with van der Waals surface area (Å²) < 4.78 is 87.2. The summed E-state index contributed by atoms with van der Waals surface area (Å²) in [5, 5.41) is 10.2. The Balaban J connectivity index is 0.000000559. The molecule has 4 rings (SSSR count). The van der Waals surface area contributed by atoms with Gasteiger partial charge in [0.2, 0.25) is 5.95 Å². The molecule has 9 nitrogen and oxygen atoms in total. The number of alkyl halides is 3. The van der Waals surface area contributed by atoms with E-state index < -0.39 is 28.1 Å². The number of likely N-dealkylation sites (tertiary alicyclic amines) is 1. The molecule has 2 aromatic heterocycles. The Hall–Kier alpha value is -3.85. The molecule has 0 amide bonds. The lowest BCUT2D eigenvalue weighted by Gasteiger charge is -2.18. The molecule has 0 unspecified atom stereocenters. The quantitative estimate of drug-likeness (QED) is 0.256. The highest BCUT2D eigenvalue weighted by Gasteiger charge is 2.38. The van der Waals surface area contributed by atoms with Crippen LogP contribution in [-0.4, -0.2) is 53.6 Å². The van der Waals surface area contributed by atoms with E-state index in [1.165, 1.54) is 30.3 Å². The SMILES string of the molecule is Cc1nc(NCc2c(F)cccc2CN2CCCC2)ccc1S(=O)(=O)Nc1cccc(F)n1.O=C(O)C(F)(F)F. The lowest BCUT2D eigenvalue weighted by molar-refractivity contribution is -0.192. The molecule has 3 aromatic rings. The Morgan fingerprint density at radius 2 is 1.65 bits per heavy atom. The molecule has 3 heterocycles. The van der Waals surface area contributed by atoms with Crippen LogP contribution in [0.2, 0.25) is 0 Å². The van der Waals surface area contributed by atoms with Gasteiger partial charge >= 0.3 is 12.1 Å². The van der Waals surface area contributed by atoms with Crippen LogP contribution in [0.3, 0.4) is 0 Å². The number of benzene rings is 1. The Bertz CT molecular complexity index is 1450. The number of aromatic nitrogens is 2. The van der Waals surface area contributed by atoms with Gasteiger partial charge in [0.1, 0.15) is 22.3 Å². The first-order chi connectivity index (χ1) is 18.8. The van der Waals surface area contributed by atoms with Crippen LogP contribution in [0.15, 0.2) is 53.4 Å². The minimum atomic E-state index is -5.08. The van der Waals surface area contributed by atoms with Gasteiger partial charge < -0.3 is 10.4 Å². The van der Waals surface area contributed by atoms with Crippen molar-refractivity contribution in [3.63, 3.8) is 0 Å². The molecule has 216 valence electrons. The van der Waals surface area contributed by atoms with E-state index >= 15 is 0 Å². The van der Waals surface area contributed by atoms with E-state index in [9.17, 15) is 30.4 Å². The molecule has 1 aliphatic rings. The molecule has 40 heavy (non-hydrogen) atoms. The number of nitrogens with one attached hydrogen (secondary N) is 2. The Labute approximate surface area is 227 Å². The van der Waals surface area contributed by atoms with Crippen LogP contribution in [0.1, 0.15) is 29.7 Å². The summed E-state index contributed by atoms with van der Waals surface area (Å²) >= 11 is 0. The highest BCUT2D eigenvalue weighted by molar-refractivity contribution is 7.92. The van der Waals surface area contributed by atoms with Crippen LogP contribution >= 0.6 is 0 Å². The van der Waals surface area contributed by atoms with E-state index in [-0.39, 0.29) is 28.8 Å². The third-order valence-corrected chi connectivity index (χ3v) is 7.27. The first kappa shape index (κ1) is 30.7. The normalized spacial score (nSPS) is 13.8. The average molecular weight is 588 g/mol. The van der Waals surface area contributed by atoms with Gasteiger partial charge in [-0.3, -0.25) is 9.62 Å². The van der Waals surface area contributed by atoms with Gasteiger partial charge in [-0.15, -0.1) is 0 Å². The first-order valence-electron chi connectivity index (χ1n) is 11.9. The molecule has 0 aliphatic carbocycles. The number of hydrogen-bond acceptors (Lipinski definition) is 7. The van der Waals surface area contributed by atoms with Crippen molar-refractivity contribution in [1.29, 1.82) is 0 Å². The number of hydrogen-bond donors (Lipinski definition) is 3. The molecule has 1 aromatic carbocycles. The van der Waals surface area contributed by atoms with Crippen LogP contribution in [0.4, 0.5) is 33.6 Å². The highest BCUT2D eigenvalue weighted by atomic mass is 32.2. The molecule has 0 spiro atoms. The average Bonchev–Trinajstić information content (AvgIpc) is 3.36. The third-order valence-electron chi connectivity index (χ3n) is 5.78. The van der Waals surface area contributed by atoms with Gasteiger partial charge in [0, 0.05) is 18.7 Å². The van der Waals surface area contributed by atoms with E-state index in [0.717, 1.165) is 37.6 Å². The lowest BCUT2D eigenvalue weighted by atomic mass is 10.1. The second kappa shape index (κ2) is 13.0. The minimum Gasteiger partial charge on any atom is -0.475 e. The van der Waals surface area contributed by atoms with Gasteiger partial charge in [-0.05, 0) is 68.8 Å². The summed E-state index contributed by atoms with van der Waals surface area (Å²) in [5.74, 6) is -3.54. The second-order valence-corrected chi connectivity index (χ2v) is 10.4. The van der Waals surface area contributed by atoms with Crippen molar-refractivity contribution in [3.05, 3.63) is 77.1 Å². The fourth-order valence-electron chi connectivity index (χ4n) is 3.90. The number of pyridine rings is 2. The Morgan fingerprint density at radius 3 is 2.25 bits per heavy atom. The van der Waals surface area contributed by atoms with E-state index in [1.54, 1.807) is 13.0 Å². The molecule has 0 atom stereocenters. The molecule has 0 radical (unpaired) electrons.